The van der Waals surface area contributed by atoms with E-state index in [2.05, 4.69) is 32.5 Å². The van der Waals surface area contributed by atoms with Gasteiger partial charge in [-0.2, -0.15) is 0 Å². The van der Waals surface area contributed by atoms with E-state index >= 15 is 0 Å². The third kappa shape index (κ3) is 4.80. The molecule has 0 atom stereocenters. The van der Waals surface area contributed by atoms with Crippen LogP contribution in [0.4, 0.5) is 11.4 Å². The lowest BCUT2D eigenvalue weighted by molar-refractivity contribution is -0.115. The molecule has 26 heavy (non-hydrogen) atoms. The molecule has 3 rings (SSSR count). The van der Waals surface area contributed by atoms with Crippen molar-refractivity contribution < 1.29 is 9.59 Å². The van der Waals surface area contributed by atoms with Gasteiger partial charge in [0.25, 0.3) is 5.91 Å². The van der Waals surface area contributed by atoms with E-state index in [0.717, 1.165) is 31.9 Å². The zero-order chi connectivity index (χ0) is 18.4. The van der Waals surface area contributed by atoms with Crippen LogP contribution in [0.1, 0.15) is 10.5 Å². The van der Waals surface area contributed by atoms with Gasteiger partial charge < -0.3 is 20.4 Å². The number of rotatable bonds is 5. The lowest BCUT2D eigenvalue weighted by Gasteiger charge is -2.34. The number of pyridine rings is 1. The van der Waals surface area contributed by atoms with Crippen LogP contribution in [0, 0.1) is 0 Å². The second-order valence-electron chi connectivity index (χ2n) is 6.28. The lowest BCUT2D eigenvalue weighted by Crippen LogP contribution is -2.44. The first-order valence-electron chi connectivity index (χ1n) is 8.64. The molecule has 0 saturated carbocycles. The first-order chi connectivity index (χ1) is 12.6. The van der Waals surface area contributed by atoms with Gasteiger partial charge in [-0.3, -0.25) is 14.6 Å². The summed E-state index contributed by atoms with van der Waals surface area (Å²) in [5.41, 5.74) is 2.15. The molecule has 0 unspecified atom stereocenters. The van der Waals surface area contributed by atoms with Gasteiger partial charge in [-0.05, 0) is 43.4 Å². The number of anilines is 2. The molecule has 1 aliphatic rings. The van der Waals surface area contributed by atoms with Crippen LogP contribution in [-0.4, -0.2) is 61.5 Å². The Balaban J connectivity index is 1.48. The fourth-order valence-corrected chi connectivity index (χ4v) is 2.77. The predicted molar refractivity (Wildman–Crippen MR) is 101 cm³/mol. The van der Waals surface area contributed by atoms with Crippen molar-refractivity contribution in [2.75, 3.05) is 50.0 Å². The van der Waals surface area contributed by atoms with E-state index in [9.17, 15) is 9.59 Å². The van der Waals surface area contributed by atoms with Gasteiger partial charge in [-0.25, -0.2) is 0 Å². The highest BCUT2D eigenvalue weighted by atomic mass is 16.2. The molecule has 1 fully saturated rings. The van der Waals surface area contributed by atoms with Gasteiger partial charge in [0.15, 0.2) is 0 Å². The van der Waals surface area contributed by atoms with Gasteiger partial charge in [-0.1, -0.05) is 6.07 Å². The average molecular weight is 353 g/mol. The number of carbonyl (C=O) groups is 2. The monoisotopic (exact) mass is 353 g/mol. The Labute approximate surface area is 153 Å². The number of carbonyl (C=O) groups excluding carboxylic acids is 2. The number of nitrogens with zero attached hydrogens (tertiary/aromatic N) is 3. The predicted octanol–water partition coefficient (Wildman–Crippen LogP) is 1.20. The number of aromatic nitrogens is 1. The maximum Gasteiger partial charge on any atom is 0.270 e. The summed E-state index contributed by atoms with van der Waals surface area (Å²) < 4.78 is 0. The van der Waals surface area contributed by atoms with E-state index < -0.39 is 0 Å². The standard InChI is InChI=1S/C19H23N5O2/c1-23-10-12-24(13-11-23)16-7-5-15(6-8-16)22-18(25)14-21-19(26)17-4-2-3-9-20-17/h2-9H,10-14H2,1H3,(H,21,26)(H,22,25). The molecule has 7 nitrogen and oxygen atoms in total. The molecule has 2 heterocycles. The topological polar surface area (TPSA) is 77.6 Å². The Morgan fingerprint density at radius 1 is 1.04 bits per heavy atom. The van der Waals surface area contributed by atoms with E-state index in [1.165, 1.54) is 6.20 Å². The smallest absolute Gasteiger partial charge is 0.270 e. The van der Waals surface area contributed by atoms with Crippen molar-refractivity contribution in [2.24, 2.45) is 0 Å². The minimum absolute atomic E-state index is 0.102. The Bertz CT molecular complexity index is 740. The van der Waals surface area contributed by atoms with Crippen LogP contribution < -0.4 is 15.5 Å². The first kappa shape index (κ1) is 17.9. The number of amides is 2. The normalized spacial score (nSPS) is 14.7. The van der Waals surface area contributed by atoms with Crippen molar-refractivity contribution in [3.8, 4) is 0 Å². The summed E-state index contributed by atoms with van der Waals surface area (Å²) in [4.78, 5) is 32.5. The first-order valence-corrected chi connectivity index (χ1v) is 8.64. The third-order valence-corrected chi connectivity index (χ3v) is 4.33. The molecule has 1 aliphatic heterocycles. The summed E-state index contributed by atoms with van der Waals surface area (Å²) >= 11 is 0. The second kappa shape index (κ2) is 8.44. The zero-order valence-electron chi connectivity index (χ0n) is 14.8. The molecular weight excluding hydrogens is 330 g/mol. The highest BCUT2D eigenvalue weighted by Crippen LogP contribution is 2.19. The molecule has 2 amide bonds. The van der Waals surface area contributed by atoms with E-state index in [-0.39, 0.29) is 24.1 Å². The fourth-order valence-electron chi connectivity index (χ4n) is 2.77. The average Bonchev–Trinajstić information content (AvgIpc) is 2.68. The number of benzene rings is 1. The van der Waals surface area contributed by atoms with Crippen LogP contribution in [-0.2, 0) is 4.79 Å². The van der Waals surface area contributed by atoms with Crippen LogP contribution in [0.3, 0.4) is 0 Å². The molecule has 0 aliphatic carbocycles. The largest absolute Gasteiger partial charge is 0.369 e. The quantitative estimate of drug-likeness (QED) is 0.845. The van der Waals surface area contributed by atoms with Crippen molar-refractivity contribution >= 4 is 23.2 Å². The number of hydrogen-bond donors (Lipinski definition) is 2. The fraction of sp³-hybridized carbons (Fsp3) is 0.316. The Morgan fingerprint density at radius 2 is 1.77 bits per heavy atom. The van der Waals surface area contributed by atoms with Crippen molar-refractivity contribution in [3.05, 3.63) is 54.4 Å². The molecule has 1 aromatic heterocycles. The summed E-state index contributed by atoms with van der Waals surface area (Å²) in [5.74, 6) is -0.646. The minimum Gasteiger partial charge on any atom is -0.369 e. The number of likely N-dealkylation sites (N-methyl/N-ethyl adjacent to an activating group) is 1. The molecule has 136 valence electrons. The Morgan fingerprint density at radius 3 is 2.42 bits per heavy atom. The lowest BCUT2D eigenvalue weighted by atomic mass is 10.2. The zero-order valence-corrected chi connectivity index (χ0v) is 14.8. The van der Waals surface area contributed by atoms with Crippen LogP contribution in [0.5, 0.6) is 0 Å². The van der Waals surface area contributed by atoms with Crippen LogP contribution in [0.25, 0.3) is 0 Å². The maximum atomic E-state index is 12.0. The van der Waals surface area contributed by atoms with E-state index in [4.69, 9.17) is 0 Å². The molecule has 0 bridgehead atoms. The van der Waals surface area contributed by atoms with E-state index in [1.54, 1.807) is 18.2 Å². The molecule has 0 spiro atoms. The van der Waals surface area contributed by atoms with E-state index in [1.807, 2.05) is 24.3 Å². The summed E-state index contributed by atoms with van der Waals surface area (Å²) in [6.07, 6.45) is 1.54. The van der Waals surface area contributed by atoms with Crippen molar-refractivity contribution in [2.45, 2.75) is 0 Å². The van der Waals surface area contributed by atoms with Gasteiger partial charge in [-0.15, -0.1) is 0 Å². The second-order valence-corrected chi connectivity index (χ2v) is 6.28. The number of hydrogen-bond acceptors (Lipinski definition) is 5. The van der Waals surface area contributed by atoms with Crippen molar-refractivity contribution in [3.63, 3.8) is 0 Å². The Kier molecular flexibility index (Phi) is 5.80. The molecule has 7 heteroatoms. The number of piperazine rings is 1. The molecule has 0 radical (unpaired) electrons. The molecular formula is C19H23N5O2. The van der Waals surface area contributed by atoms with Crippen LogP contribution in [0.2, 0.25) is 0 Å². The highest BCUT2D eigenvalue weighted by molar-refractivity contribution is 5.98. The van der Waals surface area contributed by atoms with E-state index in [0.29, 0.717) is 5.69 Å². The summed E-state index contributed by atoms with van der Waals surface area (Å²) in [6, 6.07) is 12.8. The van der Waals surface area contributed by atoms with Crippen molar-refractivity contribution in [1.82, 2.24) is 15.2 Å². The summed E-state index contributed by atoms with van der Waals surface area (Å²) in [7, 11) is 2.13. The maximum absolute atomic E-state index is 12.0. The highest BCUT2D eigenvalue weighted by Gasteiger charge is 2.14. The number of nitrogens with one attached hydrogen (secondary N) is 2. The van der Waals surface area contributed by atoms with Gasteiger partial charge >= 0.3 is 0 Å². The van der Waals surface area contributed by atoms with Gasteiger partial charge in [0, 0.05) is 43.8 Å². The Hall–Kier alpha value is -2.93. The molecule has 2 aromatic rings. The molecule has 2 N–H and O–H groups in total. The SMILES string of the molecule is CN1CCN(c2ccc(NC(=O)CNC(=O)c3ccccn3)cc2)CC1. The van der Waals surface area contributed by atoms with Crippen molar-refractivity contribution in [1.29, 1.82) is 0 Å². The van der Waals surface area contributed by atoms with Gasteiger partial charge in [0.1, 0.15) is 5.69 Å². The van der Waals surface area contributed by atoms with Gasteiger partial charge in [0.05, 0.1) is 6.54 Å². The van der Waals surface area contributed by atoms with Crippen LogP contribution in [0.15, 0.2) is 48.7 Å². The molecule has 1 aromatic carbocycles. The van der Waals surface area contributed by atoms with Gasteiger partial charge in [0.2, 0.25) is 5.91 Å². The third-order valence-electron chi connectivity index (χ3n) is 4.33. The molecule has 1 saturated heterocycles. The summed E-state index contributed by atoms with van der Waals surface area (Å²) in [6.45, 7) is 4.00. The van der Waals surface area contributed by atoms with Crippen LogP contribution >= 0.6 is 0 Å². The minimum atomic E-state index is -0.369. The summed E-state index contributed by atoms with van der Waals surface area (Å²) in [5, 5.41) is 5.34.